The number of carbonyl (C=O) groups is 1. The minimum absolute atomic E-state index is 0.275. The van der Waals surface area contributed by atoms with Crippen LogP contribution in [0.4, 0.5) is 5.69 Å². The summed E-state index contributed by atoms with van der Waals surface area (Å²) in [5.41, 5.74) is 0.306. The van der Waals surface area contributed by atoms with Crippen LogP contribution in [0.3, 0.4) is 0 Å². The van der Waals surface area contributed by atoms with Crippen molar-refractivity contribution in [2.45, 2.75) is 17.7 Å². The Kier molecular flexibility index (Phi) is 3.35. The summed E-state index contributed by atoms with van der Waals surface area (Å²) in [5, 5.41) is 14.0. The highest BCUT2D eigenvalue weighted by molar-refractivity contribution is 6.53. The van der Waals surface area contributed by atoms with Crippen molar-refractivity contribution in [3.63, 3.8) is 0 Å². The molecule has 1 N–H and O–H groups in total. The summed E-state index contributed by atoms with van der Waals surface area (Å²) in [6.45, 7) is 1.71. The molecule has 1 saturated carbocycles. The average Bonchev–Trinajstić information content (AvgIpc) is 2.84. The fourth-order valence-electron chi connectivity index (χ4n) is 1.94. The second kappa shape index (κ2) is 4.83. The van der Waals surface area contributed by atoms with E-state index in [1.165, 1.54) is 11.0 Å². The maximum Gasteiger partial charge on any atom is 0.233 e. The third kappa shape index (κ3) is 2.47. The Labute approximate surface area is 135 Å². The summed E-state index contributed by atoms with van der Waals surface area (Å²) in [4.78, 5) is 12.3. The second-order valence-corrected chi connectivity index (χ2v) is 6.98. The summed E-state index contributed by atoms with van der Waals surface area (Å²) in [6.07, 6.45) is 1.85. The molecule has 3 rings (SSSR count). The first-order valence-corrected chi connectivity index (χ1v) is 7.19. The van der Waals surface area contributed by atoms with Gasteiger partial charge in [-0.2, -0.15) is 0 Å². The number of tetrazole rings is 1. The van der Waals surface area contributed by atoms with Gasteiger partial charge in [-0.25, -0.2) is 4.68 Å². The van der Waals surface area contributed by atoms with Crippen LogP contribution in [0.5, 0.6) is 0 Å². The number of anilines is 1. The minimum atomic E-state index is -1.03. The standard InChI is InChI=1S/C12H10Cl3N5O/c1-11(5-12(11,14)15)10(21)17-9-4-7(2-3-8(9)13)20-6-16-18-19-20/h2-4,6H,5H2,1H3,(H,17,21)/t11-/m1/s1. The summed E-state index contributed by atoms with van der Waals surface area (Å²) < 4.78 is 0.426. The van der Waals surface area contributed by atoms with Gasteiger partial charge in [0.15, 0.2) is 0 Å². The van der Waals surface area contributed by atoms with Crippen molar-refractivity contribution in [3.05, 3.63) is 29.5 Å². The fourth-order valence-corrected chi connectivity index (χ4v) is 2.81. The van der Waals surface area contributed by atoms with E-state index in [2.05, 4.69) is 20.8 Å². The van der Waals surface area contributed by atoms with Crippen LogP contribution >= 0.6 is 34.8 Å². The van der Waals surface area contributed by atoms with Crippen molar-refractivity contribution in [2.24, 2.45) is 5.41 Å². The van der Waals surface area contributed by atoms with E-state index >= 15 is 0 Å². The molecule has 1 aliphatic carbocycles. The zero-order chi connectivity index (χ0) is 15.3. The molecule has 110 valence electrons. The van der Waals surface area contributed by atoms with Gasteiger partial charge in [-0.05, 0) is 42.0 Å². The Morgan fingerprint density at radius 1 is 1.43 bits per heavy atom. The molecule has 1 aromatic heterocycles. The molecule has 1 fully saturated rings. The van der Waals surface area contributed by atoms with E-state index in [9.17, 15) is 4.79 Å². The Hall–Kier alpha value is -1.37. The van der Waals surface area contributed by atoms with Crippen molar-refractivity contribution in [3.8, 4) is 5.69 Å². The van der Waals surface area contributed by atoms with E-state index in [1.807, 2.05) is 0 Å². The highest BCUT2D eigenvalue weighted by atomic mass is 35.5. The van der Waals surface area contributed by atoms with Gasteiger partial charge in [0, 0.05) is 0 Å². The number of halogens is 3. The van der Waals surface area contributed by atoms with Crippen LogP contribution in [-0.4, -0.2) is 30.4 Å². The number of hydrogen-bond acceptors (Lipinski definition) is 4. The molecule has 0 spiro atoms. The van der Waals surface area contributed by atoms with Gasteiger partial charge in [0.25, 0.3) is 0 Å². The molecule has 1 aliphatic rings. The monoisotopic (exact) mass is 345 g/mol. The third-order valence-electron chi connectivity index (χ3n) is 3.57. The SMILES string of the molecule is C[C@]1(C(=O)Nc2cc(-n3cnnn3)ccc2Cl)CC1(Cl)Cl. The Morgan fingerprint density at radius 2 is 2.14 bits per heavy atom. The molecular weight excluding hydrogens is 337 g/mol. The molecule has 6 nitrogen and oxygen atoms in total. The molecule has 1 heterocycles. The maximum atomic E-state index is 12.3. The van der Waals surface area contributed by atoms with Crippen molar-refractivity contribution in [1.82, 2.24) is 20.2 Å². The zero-order valence-corrected chi connectivity index (χ0v) is 13.1. The largest absolute Gasteiger partial charge is 0.324 e. The summed E-state index contributed by atoms with van der Waals surface area (Å²) in [7, 11) is 0. The number of amides is 1. The van der Waals surface area contributed by atoms with E-state index < -0.39 is 9.75 Å². The summed E-state index contributed by atoms with van der Waals surface area (Å²) in [6, 6.07) is 5.06. The first-order valence-electron chi connectivity index (χ1n) is 6.06. The predicted octanol–water partition coefficient (Wildman–Crippen LogP) is 2.84. The number of aromatic nitrogens is 4. The van der Waals surface area contributed by atoms with Crippen LogP contribution in [0.2, 0.25) is 5.02 Å². The van der Waals surface area contributed by atoms with Gasteiger partial charge in [0.1, 0.15) is 10.7 Å². The predicted molar refractivity (Wildman–Crippen MR) is 80.0 cm³/mol. The number of hydrogen-bond donors (Lipinski definition) is 1. The Morgan fingerprint density at radius 3 is 2.71 bits per heavy atom. The molecule has 21 heavy (non-hydrogen) atoms. The van der Waals surface area contributed by atoms with E-state index in [1.54, 1.807) is 25.1 Å². The average molecular weight is 347 g/mol. The van der Waals surface area contributed by atoms with Crippen molar-refractivity contribution in [1.29, 1.82) is 0 Å². The van der Waals surface area contributed by atoms with Gasteiger partial charge in [0.05, 0.1) is 21.8 Å². The maximum absolute atomic E-state index is 12.3. The van der Waals surface area contributed by atoms with Gasteiger partial charge < -0.3 is 5.32 Å². The third-order valence-corrected chi connectivity index (χ3v) is 5.00. The van der Waals surface area contributed by atoms with E-state index in [0.29, 0.717) is 22.8 Å². The molecule has 0 saturated heterocycles. The van der Waals surface area contributed by atoms with Crippen LogP contribution in [0, 0.1) is 5.41 Å². The minimum Gasteiger partial charge on any atom is -0.324 e. The second-order valence-electron chi connectivity index (χ2n) is 5.09. The quantitative estimate of drug-likeness (QED) is 0.867. The molecule has 2 aromatic rings. The van der Waals surface area contributed by atoms with Crippen molar-refractivity contribution >= 4 is 46.4 Å². The highest BCUT2D eigenvalue weighted by Crippen LogP contribution is 2.64. The lowest BCUT2D eigenvalue weighted by Gasteiger charge is -2.14. The van der Waals surface area contributed by atoms with Crippen molar-refractivity contribution in [2.75, 3.05) is 5.32 Å². The first-order chi connectivity index (χ1) is 9.83. The lowest BCUT2D eigenvalue weighted by molar-refractivity contribution is -0.120. The van der Waals surface area contributed by atoms with Gasteiger partial charge in [0.2, 0.25) is 5.91 Å². The molecule has 1 aromatic carbocycles. The number of rotatable bonds is 3. The van der Waals surface area contributed by atoms with Gasteiger partial charge in [-0.15, -0.1) is 28.3 Å². The lowest BCUT2D eigenvalue weighted by atomic mass is 10.1. The fraction of sp³-hybridized carbons (Fsp3) is 0.333. The van der Waals surface area contributed by atoms with Crippen molar-refractivity contribution < 1.29 is 4.79 Å². The summed E-state index contributed by atoms with van der Waals surface area (Å²) >= 11 is 18.1. The van der Waals surface area contributed by atoms with Gasteiger partial charge >= 0.3 is 0 Å². The Bertz CT molecular complexity index is 703. The number of benzene rings is 1. The molecule has 9 heteroatoms. The van der Waals surface area contributed by atoms with Crippen LogP contribution in [0.25, 0.3) is 5.69 Å². The number of nitrogens with one attached hydrogen (secondary N) is 1. The van der Waals surface area contributed by atoms with Crippen LogP contribution < -0.4 is 5.32 Å². The van der Waals surface area contributed by atoms with E-state index in [-0.39, 0.29) is 5.91 Å². The first kappa shape index (κ1) is 14.6. The molecular formula is C12H10Cl3N5O. The molecule has 0 bridgehead atoms. The highest BCUT2D eigenvalue weighted by Gasteiger charge is 2.67. The number of carbonyl (C=O) groups excluding carboxylic acids is 1. The molecule has 0 unspecified atom stereocenters. The molecule has 1 atom stereocenters. The van der Waals surface area contributed by atoms with E-state index in [0.717, 1.165) is 0 Å². The van der Waals surface area contributed by atoms with Gasteiger partial charge in [-0.3, -0.25) is 4.79 Å². The lowest BCUT2D eigenvalue weighted by Crippen LogP contribution is -2.26. The molecule has 0 radical (unpaired) electrons. The topological polar surface area (TPSA) is 72.7 Å². The number of nitrogens with zero attached hydrogens (tertiary/aromatic N) is 4. The number of alkyl halides is 2. The summed E-state index contributed by atoms with van der Waals surface area (Å²) in [5.74, 6) is -0.275. The molecule has 1 amide bonds. The van der Waals surface area contributed by atoms with Gasteiger partial charge in [-0.1, -0.05) is 11.6 Å². The molecule has 0 aliphatic heterocycles. The zero-order valence-electron chi connectivity index (χ0n) is 10.8. The normalized spacial score (nSPS) is 22.9. The van der Waals surface area contributed by atoms with Crippen LogP contribution in [0.15, 0.2) is 24.5 Å². The van der Waals surface area contributed by atoms with Crippen LogP contribution in [0.1, 0.15) is 13.3 Å². The van der Waals surface area contributed by atoms with Crippen LogP contribution in [-0.2, 0) is 4.79 Å². The Balaban J connectivity index is 1.86. The van der Waals surface area contributed by atoms with E-state index in [4.69, 9.17) is 34.8 Å². The smallest absolute Gasteiger partial charge is 0.233 e.